The predicted molar refractivity (Wildman–Crippen MR) is 84.8 cm³/mol. The molecule has 27 heavy (non-hydrogen) atoms. The fraction of sp³-hybridized carbons (Fsp3) is 0.538. The maximum atomic E-state index is 12.0. The number of amides is 3. The summed E-state index contributed by atoms with van der Waals surface area (Å²) in [5.74, 6) is -3.80. The van der Waals surface area contributed by atoms with Crippen molar-refractivity contribution in [2.75, 3.05) is 6.61 Å². The number of aliphatic hydroxyl groups excluding tert-OH is 1. The van der Waals surface area contributed by atoms with Gasteiger partial charge in [-0.2, -0.15) is 4.98 Å². The van der Waals surface area contributed by atoms with Crippen LogP contribution < -0.4 is 22.1 Å². The van der Waals surface area contributed by atoms with Gasteiger partial charge < -0.3 is 41.9 Å². The zero-order chi connectivity index (χ0) is 20.6. The van der Waals surface area contributed by atoms with Crippen LogP contribution in [0.4, 0.5) is 4.79 Å². The number of hydrogen-bond donors (Lipinski definition) is 7. The molecule has 150 valence electrons. The van der Waals surface area contributed by atoms with Crippen molar-refractivity contribution in [2.45, 2.75) is 37.4 Å². The Balaban J connectivity index is 2.84. The summed E-state index contributed by atoms with van der Waals surface area (Å²) < 4.78 is 4.89. The zero-order valence-corrected chi connectivity index (χ0v) is 14.0. The van der Waals surface area contributed by atoms with E-state index >= 15 is 0 Å². The molecule has 0 unspecified atom stereocenters. The molecule has 0 aliphatic heterocycles. The molecule has 0 saturated heterocycles. The van der Waals surface area contributed by atoms with Gasteiger partial charge in [0.2, 0.25) is 11.8 Å². The summed E-state index contributed by atoms with van der Waals surface area (Å²) in [6.45, 7) is -0.475. The van der Waals surface area contributed by atoms with Gasteiger partial charge in [-0.1, -0.05) is 5.16 Å². The second-order valence-electron chi connectivity index (χ2n) is 5.44. The SMILES string of the molecule is NC(=O)C[C@H](NC(=O)N[C@@H](CCC(=O)O)C(=O)O)c1nc([C@@H](N)CO)no1. The van der Waals surface area contributed by atoms with E-state index in [0.29, 0.717) is 0 Å². The molecule has 0 fully saturated rings. The Labute approximate surface area is 151 Å². The highest BCUT2D eigenvalue weighted by Gasteiger charge is 2.27. The number of carboxylic acid groups (broad SMARTS) is 2. The van der Waals surface area contributed by atoms with Crippen LogP contribution in [0.15, 0.2) is 4.52 Å². The van der Waals surface area contributed by atoms with Crippen LogP contribution in [0.1, 0.15) is 43.1 Å². The summed E-state index contributed by atoms with van der Waals surface area (Å²) in [6.07, 6.45) is -1.28. The standard InChI is InChI=1S/C13H20N6O8/c14-5(4-20)10-18-11(27-19-10)7(3-8(15)21)17-13(26)16-6(12(24)25)1-2-9(22)23/h5-7,20H,1-4,14H2,(H2,15,21)(H,22,23)(H,24,25)(H2,16,17,26)/t5-,6-,7-/m0/s1. The molecular weight excluding hydrogens is 368 g/mol. The topological polar surface area (TPSA) is 244 Å². The molecule has 1 heterocycles. The monoisotopic (exact) mass is 388 g/mol. The van der Waals surface area contributed by atoms with Crippen LogP contribution in [-0.2, 0) is 14.4 Å². The molecule has 0 aliphatic rings. The van der Waals surface area contributed by atoms with Gasteiger partial charge in [0.1, 0.15) is 12.1 Å². The lowest BCUT2D eigenvalue weighted by atomic mass is 10.1. The summed E-state index contributed by atoms with van der Waals surface area (Å²) in [5.41, 5.74) is 10.6. The minimum absolute atomic E-state index is 0.0750. The smallest absolute Gasteiger partial charge is 0.326 e. The number of primary amides is 1. The van der Waals surface area contributed by atoms with Crippen molar-refractivity contribution < 1.29 is 39.0 Å². The molecule has 0 spiro atoms. The average molecular weight is 388 g/mol. The molecule has 3 amide bonds. The van der Waals surface area contributed by atoms with Crippen molar-refractivity contribution in [1.29, 1.82) is 0 Å². The second-order valence-corrected chi connectivity index (χ2v) is 5.44. The van der Waals surface area contributed by atoms with E-state index in [0.717, 1.165) is 0 Å². The molecular formula is C13H20N6O8. The number of carboxylic acids is 2. The zero-order valence-electron chi connectivity index (χ0n) is 14.0. The maximum absolute atomic E-state index is 12.0. The third-order valence-corrected chi connectivity index (χ3v) is 3.24. The van der Waals surface area contributed by atoms with Crippen LogP contribution in [-0.4, -0.2) is 62.0 Å². The van der Waals surface area contributed by atoms with Crippen molar-refractivity contribution in [3.8, 4) is 0 Å². The van der Waals surface area contributed by atoms with Crippen LogP contribution in [0, 0.1) is 0 Å². The molecule has 3 atom stereocenters. The van der Waals surface area contributed by atoms with Gasteiger partial charge in [0, 0.05) is 6.42 Å². The Bertz CT molecular complexity index is 692. The van der Waals surface area contributed by atoms with Gasteiger partial charge in [0.25, 0.3) is 0 Å². The van der Waals surface area contributed by atoms with Crippen molar-refractivity contribution in [3.05, 3.63) is 11.7 Å². The highest BCUT2D eigenvalue weighted by atomic mass is 16.5. The van der Waals surface area contributed by atoms with E-state index in [1.54, 1.807) is 0 Å². The molecule has 0 aliphatic carbocycles. The Hall–Kier alpha value is -3.26. The van der Waals surface area contributed by atoms with Gasteiger partial charge in [0.15, 0.2) is 5.82 Å². The van der Waals surface area contributed by atoms with Crippen molar-refractivity contribution in [2.24, 2.45) is 11.5 Å². The van der Waals surface area contributed by atoms with E-state index in [-0.39, 0.29) is 18.1 Å². The molecule has 1 rings (SSSR count). The first-order chi connectivity index (χ1) is 12.6. The first kappa shape index (κ1) is 21.8. The number of aliphatic hydroxyl groups is 1. The van der Waals surface area contributed by atoms with Crippen molar-refractivity contribution >= 4 is 23.9 Å². The van der Waals surface area contributed by atoms with Crippen molar-refractivity contribution in [1.82, 2.24) is 20.8 Å². The van der Waals surface area contributed by atoms with Gasteiger partial charge in [0.05, 0.1) is 19.1 Å². The molecule has 0 radical (unpaired) electrons. The number of nitrogens with one attached hydrogen (secondary N) is 2. The van der Waals surface area contributed by atoms with E-state index in [2.05, 4.69) is 20.8 Å². The summed E-state index contributed by atoms with van der Waals surface area (Å²) in [7, 11) is 0. The Morgan fingerprint density at radius 2 is 1.85 bits per heavy atom. The number of nitrogens with zero attached hydrogens (tertiary/aromatic N) is 2. The van der Waals surface area contributed by atoms with Gasteiger partial charge >= 0.3 is 18.0 Å². The third kappa shape index (κ3) is 7.25. The number of rotatable bonds is 11. The molecule has 0 aromatic carbocycles. The van der Waals surface area contributed by atoms with Crippen LogP contribution in [0.3, 0.4) is 0 Å². The first-order valence-corrected chi connectivity index (χ1v) is 7.63. The summed E-state index contributed by atoms with van der Waals surface area (Å²) in [5, 5.41) is 34.4. The summed E-state index contributed by atoms with van der Waals surface area (Å²) in [6, 6.07) is -4.64. The van der Waals surface area contributed by atoms with Crippen LogP contribution in [0.5, 0.6) is 0 Å². The minimum atomic E-state index is -1.48. The number of carbonyl (C=O) groups excluding carboxylic acids is 2. The van der Waals surface area contributed by atoms with Gasteiger partial charge in [-0.15, -0.1) is 0 Å². The Morgan fingerprint density at radius 1 is 1.19 bits per heavy atom. The second kappa shape index (κ2) is 10.0. The van der Waals surface area contributed by atoms with Gasteiger partial charge in [-0.3, -0.25) is 9.59 Å². The Kier molecular flexibility index (Phi) is 8.09. The number of aromatic nitrogens is 2. The highest BCUT2D eigenvalue weighted by Crippen LogP contribution is 2.16. The predicted octanol–water partition coefficient (Wildman–Crippen LogP) is -2.40. The van der Waals surface area contributed by atoms with E-state index in [1.807, 2.05) is 0 Å². The summed E-state index contributed by atoms with van der Waals surface area (Å²) >= 11 is 0. The van der Waals surface area contributed by atoms with Crippen LogP contribution >= 0.6 is 0 Å². The fourth-order valence-electron chi connectivity index (χ4n) is 1.91. The molecule has 9 N–H and O–H groups in total. The van der Waals surface area contributed by atoms with E-state index in [1.165, 1.54) is 0 Å². The number of aliphatic carboxylic acids is 2. The van der Waals surface area contributed by atoms with Gasteiger partial charge in [-0.05, 0) is 6.42 Å². The lowest BCUT2D eigenvalue weighted by molar-refractivity contribution is -0.140. The normalized spacial score (nSPS) is 14.0. The number of nitrogens with two attached hydrogens (primary N) is 2. The Morgan fingerprint density at radius 3 is 2.37 bits per heavy atom. The van der Waals surface area contributed by atoms with E-state index in [4.69, 9.17) is 31.3 Å². The minimum Gasteiger partial charge on any atom is -0.481 e. The molecule has 0 saturated carbocycles. The van der Waals surface area contributed by atoms with Crippen molar-refractivity contribution in [3.63, 3.8) is 0 Å². The molecule has 1 aromatic rings. The van der Waals surface area contributed by atoms with E-state index < -0.39 is 61.5 Å². The molecule has 1 aromatic heterocycles. The van der Waals surface area contributed by atoms with Crippen LogP contribution in [0.2, 0.25) is 0 Å². The lowest BCUT2D eigenvalue weighted by Crippen LogP contribution is -2.47. The lowest BCUT2D eigenvalue weighted by Gasteiger charge is -2.17. The number of urea groups is 1. The maximum Gasteiger partial charge on any atom is 0.326 e. The summed E-state index contributed by atoms with van der Waals surface area (Å²) in [4.78, 5) is 48.7. The molecule has 0 bridgehead atoms. The highest BCUT2D eigenvalue weighted by molar-refractivity contribution is 5.83. The molecule has 14 heteroatoms. The largest absolute Gasteiger partial charge is 0.481 e. The number of carbonyl (C=O) groups is 4. The number of hydrogen-bond acceptors (Lipinski definition) is 9. The average Bonchev–Trinajstić information content (AvgIpc) is 3.06. The third-order valence-electron chi connectivity index (χ3n) is 3.24. The fourth-order valence-corrected chi connectivity index (χ4v) is 1.91. The van der Waals surface area contributed by atoms with Crippen LogP contribution in [0.25, 0.3) is 0 Å². The van der Waals surface area contributed by atoms with E-state index in [9.17, 15) is 19.2 Å². The van der Waals surface area contributed by atoms with Gasteiger partial charge in [-0.25, -0.2) is 9.59 Å². The quantitative estimate of drug-likeness (QED) is 0.210. The first-order valence-electron chi connectivity index (χ1n) is 7.63. The molecule has 14 nitrogen and oxygen atoms in total.